The SMILES string of the molecule is COCCOc1ccc(NCc2nccs2)cc1. The first-order chi connectivity index (χ1) is 8.88. The molecule has 0 saturated carbocycles. The summed E-state index contributed by atoms with van der Waals surface area (Å²) in [4.78, 5) is 4.22. The number of anilines is 1. The summed E-state index contributed by atoms with van der Waals surface area (Å²) in [5.74, 6) is 0.854. The minimum atomic E-state index is 0.572. The molecular weight excluding hydrogens is 248 g/mol. The zero-order valence-electron chi connectivity index (χ0n) is 10.3. The molecule has 4 nitrogen and oxygen atoms in total. The zero-order chi connectivity index (χ0) is 12.6. The highest BCUT2D eigenvalue weighted by molar-refractivity contribution is 7.09. The van der Waals surface area contributed by atoms with Crippen molar-refractivity contribution < 1.29 is 9.47 Å². The van der Waals surface area contributed by atoms with Crippen molar-refractivity contribution in [2.45, 2.75) is 6.54 Å². The molecule has 96 valence electrons. The number of aromatic nitrogens is 1. The molecule has 2 aromatic rings. The second kappa shape index (κ2) is 6.98. The van der Waals surface area contributed by atoms with E-state index in [-0.39, 0.29) is 0 Å². The van der Waals surface area contributed by atoms with Gasteiger partial charge in [-0.25, -0.2) is 4.98 Å². The molecule has 0 aliphatic rings. The second-order valence-electron chi connectivity index (χ2n) is 3.65. The number of benzene rings is 1. The summed E-state index contributed by atoms with van der Waals surface area (Å²) in [6.45, 7) is 1.92. The first-order valence-corrected chi connectivity index (χ1v) is 6.60. The van der Waals surface area contributed by atoms with Crippen molar-refractivity contribution in [3.05, 3.63) is 40.8 Å². The highest BCUT2D eigenvalue weighted by atomic mass is 32.1. The van der Waals surface area contributed by atoms with Gasteiger partial charge in [0.25, 0.3) is 0 Å². The molecule has 0 aliphatic heterocycles. The molecule has 0 aliphatic carbocycles. The lowest BCUT2D eigenvalue weighted by Gasteiger charge is -2.07. The van der Waals surface area contributed by atoms with Gasteiger partial charge in [-0.05, 0) is 24.3 Å². The molecule has 1 aromatic heterocycles. The van der Waals surface area contributed by atoms with Crippen LogP contribution in [0.25, 0.3) is 0 Å². The van der Waals surface area contributed by atoms with Crippen LogP contribution < -0.4 is 10.1 Å². The molecule has 1 N–H and O–H groups in total. The van der Waals surface area contributed by atoms with Crippen LogP contribution >= 0.6 is 11.3 Å². The highest BCUT2D eigenvalue weighted by Crippen LogP contribution is 2.16. The van der Waals surface area contributed by atoms with Gasteiger partial charge in [0.1, 0.15) is 17.4 Å². The van der Waals surface area contributed by atoms with Gasteiger partial charge in [0.15, 0.2) is 0 Å². The van der Waals surface area contributed by atoms with Gasteiger partial charge in [0.05, 0.1) is 13.2 Å². The van der Waals surface area contributed by atoms with E-state index in [4.69, 9.17) is 9.47 Å². The largest absolute Gasteiger partial charge is 0.491 e. The standard InChI is InChI=1S/C13H16N2O2S/c1-16-7-8-17-12-4-2-11(3-5-12)15-10-13-14-6-9-18-13/h2-6,9,15H,7-8,10H2,1H3. The van der Waals surface area contributed by atoms with Crippen LogP contribution in [0.3, 0.4) is 0 Å². The molecule has 0 atom stereocenters. The second-order valence-corrected chi connectivity index (χ2v) is 4.62. The maximum absolute atomic E-state index is 5.49. The van der Waals surface area contributed by atoms with Crippen molar-refractivity contribution in [3.63, 3.8) is 0 Å². The maximum Gasteiger partial charge on any atom is 0.119 e. The summed E-state index contributed by atoms with van der Waals surface area (Å²) in [5.41, 5.74) is 1.06. The van der Waals surface area contributed by atoms with E-state index in [0.717, 1.165) is 23.0 Å². The van der Waals surface area contributed by atoms with E-state index >= 15 is 0 Å². The fraction of sp³-hybridized carbons (Fsp3) is 0.308. The maximum atomic E-state index is 5.49. The Labute approximate surface area is 111 Å². The van der Waals surface area contributed by atoms with Crippen LogP contribution in [0.15, 0.2) is 35.8 Å². The van der Waals surface area contributed by atoms with Crippen molar-refractivity contribution in [2.24, 2.45) is 0 Å². The zero-order valence-corrected chi connectivity index (χ0v) is 11.1. The van der Waals surface area contributed by atoms with Crippen molar-refractivity contribution in [1.82, 2.24) is 4.98 Å². The van der Waals surface area contributed by atoms with Gasteiger partial charge in [-0.1, -0.05) is 0 Å². The Hall–Kier alpha value is -1.59. The van der Waals surface area contributed by atoms with E-state index in [1.54, 1.807) is 18.4 Å². The smallest absolute Gasteiger partial charge is 0.119 e. The predicted molar refractivity (Wildman–Crippen MR) is 73.3 cm³/mol. The van der Waals surface area contributed by atoms with E-state index in [2.05, 4.69) is 10.3 Å². The summed E-state index contributed by atoms with van der Waals surface area (Å²) in [6.07, 6.45) is 1.81. The number of hydrogen-bond donors (Lipinski definition) is 1. The van der Waals surface area contributed by atoms with E-state index < -0.39 is 0 Å². The van der Waals surface area contributed by atoms with Gasteiger partial charge in [-0.15, -0.1) is 11.3 Å². The Bertz CT molecular complexity index is 443. The van der Waals surface area contributed by atoms with Crippen LogP contribution in [0.4, 0.5) is 5.69 Å². The molecule has 0 amide bonds. The fourth-order valence-electron chi connectivity index (χ4n) is 1.43. The van der Waals surface area contributed by atoms with E-state index in [1.807, 2.05) is 35.8 Å². The highest BCUT2D eigenvalue weighted by Gasteiger charge is 1.97. The van der Waals surface area contributed by atoms with E-state index in [9.17, 15) is 0 Å². The van der Waals surface area contributed by atoms with E-state index in [1.165, 1.54) is 0 Å². The van der Waals surface area contributed by atoms with Crippen LogP contribution in [0.2, 0.25) is 0 Å². The number of nitrogens with zero attached hydrogens (tertiary/aromatic N) is 1. The van der Waals surface area contributed by atoms with Crippen LogP contribution in [0.5, 0.6) is 5.75 Å². The van der Waals surface area contributed by atoms with Crippen molar-refractivity contribution in [1.29, 1.82) is 0 Å². The van der Waals surface area contributed by atoms with Crippen LogP contribution in [0.1, 0.15) is 5.01 Å². The van der Waals surface area contributed by atoms with Crippen molar-refractivity contribution >= 4 is 17.0 Å². The van der Waals surface area contributed by atoms with Crippen LogP contribution in [0, 0.1) is 0 Å². The number of thiazole rings is 1. The molecule has 1 aromatic carbocycles. The molecule has 18 heavy (non-hydrogen) atoms. The predicted octanol–water partition coefficient (Wildman–Crippen LogP) is 2.78. The number of ether oxygens (including phenoxy) is 2. The normalized spacial score (nSPS) is 10.3. The van der Waals surface area contributed by atoms with E-state index in [0.29, 0.717) is 13.2 Å². The summed E-state index contributed by atoms with van der Waals surface area (Å²) in [5, 5.41) is 6.36. The summed E-state index contributed by atoms with van der Waals surface area (Å²) in [6, 6.07) is 7.88. The van der Waals surface area contributed by atoms with Gasteiger partial charge >= 0.3 is 0 Å². The average molecular weight is 264 g/mol. The molecule has 0 spiro atoms. The lowest BCUT2D eigenvalue weighted by atomic mass is 10.3. The Morgan fingerprint density at radius 2 is 2.06 bits per heavy atom. The third-order valence-electron chi connectivity index (χ3n) is 2.34. The minimum Gasteiger partial charge on any atom is -0.491 e. The summed E-state index contributed by atoms with van der Waals surface area (Å²) < 4.78 is 10.4. The quantitative estimate of drug-likeness (QED) is 0.781. The first kappa shape index (κ1) is 12.9. The van der Waals surface area contributed by atoms with Crippen LogP contribution in [-0.4, -0.2) is 25.3 Å². The Morgan fingerprint density at radius 3 is 2.72 bits per heavy atom. The Morgan fingerprint density at radius 1 is 1.22 bits per heavy atom. The number of hydrogen-bond acceptors (Lipinski definition) is 5. The summed E-state index contributed by atoms with van der Waals surface area (Å²) in [7, 11) is 1.66. The number of rotatable bonds is 7. The van der Waals surface area contributed by atoms with Gasteiger partial charge in [0, 0.05) is 24.4 Å². The third kappa shape index (κ3) is 4.01. The van der Waals surface area contributed by atoms with Crippen LogP contribution in [-0.2, 0) is 11.3 Å². The monoisotopic (exact) mass is 264 g/mol. The van der Waals surface area contributed by atoms with Gasteiger partial charge in [-0.2, -0.15) is 0 Å². The molecule has 0 bridgehead atoms. The molecule has 2 rings (SSSR count). The molecule has 1 heterocycles. The summed E-state index contributed by atoms with van der Waals surface area (Å²) >= 11 is 1.65. The lowest BCUT2D eigenvalue weighted by Crippen LogP contribution is -2.04. The third-order valence-corrected chi connectivity index (χ3v) is 3.12. The van der Waals surface area contributed by atoms with Gasteiger partial charge in [-0.3, -0.25) is 0 Å². The first-order valence-electron chi connectivity index (χ1n) is 5.72. The number of methoxy groups -OCH3 is 1. The Balaban J connectivity index is 1.80. The topological polar surface area (TPSA) is 43.4 Å². The van der Waals surface area contributed by atoms with Gasteiger partial charge in [0.2, 0.25) is 0 Å². The minimum absolute atomic E-state index is 0.572. The molecule has 0 radical (unpaired) electrons. The van der Waals surface area contributed by atoms with Crippen molar-refractivity contribution in [3.8, 4) is 5.75 Å². The average Bonchev–Trinajstić information content (AvgIpc) is 2.91. The molecule has 0 fully saturated rings. The molecule has 5 heteroatoms. The van der Waals surface area contributed by atoms with Crippen molar-refractivity contribution in [2.75, 3.05) is 25.6 Å². The number of nitrogens with one attached hydrogen (secondary N) is 1. The van der Waals surface area contributed by atoms with Gasteiger partial charge < -0.3 is 14.8 Å². The molecular formula is C13H16N2O2S. The fourth-order valence-corrected chi connectivity index (χ4v) is 1.99. The Kier molecular flexibility index (Phi) is 4.99. The molecule has 0 unspecified atom stereocenters. The lowest BCUT2D eigenvalue weighted by molar-refractivity contribution is 0.146. The molecule has 0 saturated heterocycles.